The summed E-state index contributed by atoms with van der Waals surface area (Å²) in [5.41, 5.74) is 5.08. The van der Waals surface area contributed by atoms with Crippen molar-refractivity contribution in [3.63, 3.8) is 0 Å². The van der Waals surface area contributed by atoms with E-state index < -0.39 is 0 Å². The number of amides is 1. The van der Waals surface area contributed by atoms with Gasteiger partial charge in [-0.25, -0.2) is 0 Å². The monoisotopic (exact) mass is 171 g/mol. The summed E-state index contributed by atoms with van der Waals surface area (Å²) in [6.45, 7) is 7.53. The standard InChI is InChI=1S/C8H17N3O/c1-6(9)10-5-7(12)11-8(2,3)4/h5H2,1-4H3,(H2,9,10)(H,11,12). The third-order valence-electron chi connectivity index (χ3n) is 0.986. The van der Waals surface area contributed by atoms with E-state index in [2.05, 4.69) is 10.3 Å². The van der Waals surface area contributed by atoms with Gasteiger partial charge < -0.3 is 11.1 Å². The van der Waals surface area contributed by atoms with Crippen molar-refractivity contribution in [3.05, 3.63) is 0 Å². The molecule has 0 radical (unpaired) electrons. The Morgan fingerprint density at radius 2 is 2.00 bits per heavy atom. The van der Waals surface area contributed by atoms with Gasteiger partial charge in [-0.15, -0.1) is 0 Å². The summed E-state index contributed by atoms with van der Waals surface area (Å²) in [4.78, 5) is 14.9. The van der Waals surface area contributed by atoms with E-state index in [4.69, 9.17) is 5.73 Å². The van der Waals surface area contributed by atoms with Crippen LogP contribution in [-0.4, -0.2) is 23.8 Å². The highest BCUT2D eigenvalue weighted by Gasteiger charge is 2.12. The Morgan fingerprint density at radius 3 is 2.33 bits per heavy atom. The van der Waals surface area contributed by atoms with Gasteiger partial charge in [-0.05, 0) is 27.7 Å². The van der Waals surface area contributed by atoms with Gasteiger partial charge in [0.15, 0.2) is 0 Å². The highest BCUT2D eigenvalue weighted by atomic mass is 16.2. The van der Waals surface area contributed by atoms with Gasteiger partial charge in [0, 0.05) is 5.54 Å². The second kappa shape index (κ2) is 4.09. The fourth-order valence-corrected chi connectivity index (χ4v) is 0.654. The molecule has 0 saturated carbocycles. The van der Waals surface area contributed by atoms with Crippen molar-refractivity contribution in [1.29, 1.82) is 0 Å². The maximum atomic E-state index is 11.1. The molecule has 1 amide bonds. The number of carbonyl (C=O) groups is 1. The quantitative estimate of drug-likeness (QED) is 0.463. The number of nitrogens with zero attached hydrogens (tertiary/aromatic N) is 1. The van der Waals surface area contributed by atoms with Crippen LogP contribution in [0.3, 0.4) is 0 Å². The van der Waals surface area contributed by atoms with Crippen LogP contribution in [0.15, 0.2) is 4.99 Å². The van der Waals surface area contributed by atoms with E-state index in [-0.39, 0.29) is 18.0 Å². The van der Waals surface area contributed by atoms with Gasteiger partial charge >= 0.3 is 0 Å². The first-order valence-corrected chi connectivity index (χ1v) is 3.89. The van der Waals surface area contributed by atoms with E-state index in [1.807, 2.05) is 20.8 Å². The highest BCUT2D eigenvalue weighted by Crippen LogP contribution is 1.97. The molecule has 0 atom stereocenters. The molecule has 0 aliphatic carbocycles. The van der Waals surface area contributed by atoms with Crippen LogP contribution in [0, 0.1) is 0 Å². The van der Waals surface area contributed by atoms with Crippen LogP contribution < -0.4 is 11.1 Å². The van der Waals surface area contributed by atoms with Gasteiger partial charge in [-0.2, -0.15) is 0 Å². The van der Waals surface area contributed by atoms with E-state index in [1.54, 1.807) is 6.92 Å². The Kier molecular flexibility index (Phi) is 3.73. The van der Waals surface area contributed by atoms with E-state index >= 15 is 0 Å². The van der Waals surface area contributed by atoms with Crippen LogP contribution in [0.25, 0.3) is 0 Å². The molecule has 0 fully saturated rings. The van der Waals surface area contributed by atoms with Crippen molar-refractivity contribution in [2.24, 2.45) is 10.7 Å². The first-order valence-electron chi connectivity index (χ1n) is 3.89. The molecule has 0 aliphatic heterocycles. The number of aliphatic imine (C=N–C) groups is 1. The van der Waals surface area contributed by atoms with Crippen molar-refractivity contribution in [2.75, 3.05) is 6.54 Å². The zero-order valence-corrected chi connectivity index (χ0v) is 8.14. The van der Waals surface area contributed by atoms with E-state index in [0.717, 1.165) is 0 Å². The fraction of sp³-hybridized carbons (Fsp3) is 0.750. The number of nitrogens with one attached hydrogen (secondary N) is 1. The third-order valence-corrected chi connectivity index (χ3v) is 0.986. The van der Waals surface area contributed by atoms with Crippen molar-refractivity contribution in [2.45, 2.75) is 33.2 Å². The molecule has 0 bridgehead atoms. The van der Waals surface area contributed by atoms with Crippen LogP contribution in [0.5, 0.6) is 0 Å². The van der Waals surface area contributed by atoms with E-state index in [9.17, 15) is 4.79 Å². The van der Waals surface area contributed by atoms with Gasteiger partial charge in [0.1, 0.15) is 6.54 Å². The lowest BCUT2D eigenvalue weighted by atomic mass is 10.1. The van der Waals surface area contributed by atoms with Gasteiger partial charge in [-0.1, -0.05) is 0 Å². The molecule has 0 aromatic rings. The molecular formula is C8H17N3O. The Hall–Kier alpha value is -1.06. The molecule has 0 aromatic heterocycles. The average Bonchev–Trinajstić information content (AvgIpc) is 1.79. The number of hydrogen-bond donors (Lipinski definition) is 2. The lowest BCUT2D eigenvalue weighted by Gasteiger charge is -2.19. The smallest absolute Gasteiger partial charge is 0.242 e. The molecule has 0 heterocycles. The lowest BCUT2D eigenvalue weighted by molar-refractivity contribution is -0.121. The SMILES string of the molecule is CC(N)=NCC(=O)NC(C)(C)C. The number of nitrogens with two attached hydrogens (primary N) is 1. The molecule has 70 valence electrons. The molecule has 4 nitrogen and oxygen atoms in total. The Balaban J connectivity index is 3.84. The minimum Gasteiger partial charge on any atom is -0.388 e. The van der Waals surface area contributed by atoms with Crippen molar-refractivity contribution in [3.8, 4) is 0 Å². The summed E-state index contributed by atoms with van der Waals surface area (Å²) in [6.07, 6.45) is 0. The predicted molar refractivity (Wildman–Crippen MR) is 50.1 cm³/mol. The second-order valence-electron chi connectivity index (χ2n) is 3.76. The molecule has 0 aliphatic rings. The Labute approximate surface area is 73.2 Å². The Morgan fingerprint density at radius 1 is 1.50 bits per heavy atom. The topological polar surface area (TPSA) is 67.5 Å². The van der Waals surface area contributed by atoms with Crippen molar-refractivity contribution in [1.82, 2.24) is 5.32 Å². The number of rotatable bonds is 2. The van der Waals surface area contributed by atoms with Crippen LogP contribution in [-0.2, 0) is 4.79 Å². The summed E-state index contributed by atoms with van der Waals surface area (Å²) in [5, 5.41) is 2.77. The van der Waals surface area contributed by atoms with E-state index in [0.29, 0.717) is 5.84 Å². The molecule has 0 saturated heterocycles. The predicted octanol–water partition coefficient (Wildman–Crippen LogP) is 0.278. The second-order valence-corrected chi connectivity index (χ2v) is 3.76. The number of amidine groups is 1. The van der Waals surface area contributed by atoms with Crippen molar-refractivity contribution >= 4 is 11.7 Å². The summed E-state index contributed by atoms with van der Waals surface area (Å²) < 4.78 is 0. The summed E-state index contributed by atoms with van der Waals surface area (Å²) in [5.74, 6) is 0.325. The largest absolute Gasteiger partial charge is 0.388 e. The first-order chi connectivity index (χ1) is 5.31. The molecule has 0 aromatic carbocycles. The van der Waals surface area contributed by atoms with Crippen LogP contribution in [0.2, 0.25) is 0 Å². The lowest BCUT2D eigenvalue weighted by Crippen LogP contribution is -2.42. The summed E-state index contributed by atoms with van der Waals surface area (Å²) in [6, 6.07) is 0. The zero-order valence-electron chi connectivity index (χ0n) is 8.14. The minimum atomic E-state index is -0.199. The molecule has 4 heteroatoms. The average molecular weight is 171 g/mol. The van der Waals surface area contributed by atoms with Crippen LogP contribution >= 0.6 is 0 Å². The van der Waals surface area contributed by atoms with Gasteiger partial charge in [0.2, 0.25) is 5.91 Å². The van der Waals surface area contributed by atoms with E-state index in [1.165, 1.54) is 0 Å². The van der Waals surface area contributed by atoms with Crippen LogP contribution in [0.4, 0.5) is 0 Å². The normalized spacial score (nSPS) is 12.8. The number of hydrogen-bond acceptors (Lipinski definition) is 2. The number of carbonyl (C=O) groups excluding carboxylic acids is 1. The zero-order chi connectivity index (χ0) is 9.78. The summed E-state index contributed by atoms with van der Waals surface area (Å²) in [7, 11) is 0. The first kappa shape index (κ1) is 10.9. The van der Waals surface area contributed by atoms with Crippen molar-refractivity contribution < 1.29 is 4.79 Å². The molecular weight excluding hydrogens is 154 g/mol. The summed E-state index contributed by atoms with van der Waals surface area (Å²) >= 11 is 0. The van der Waals surface area contributed by atoms with Crippen LogP contribution in [0.1, 0.15) is 27.7 Å². The molecule has 0 spiro atoms. The maximum absolute atomic E-state index is 11.1. The van der Waals surface area contributed by atoms with Gasteiger partial charge in [0.05, 0.1) is 5.84 Å². The highest BCUT2D eigenvalue weighted by molar-refractivity contribution is 5.84. The molecule has 3 N–H and O–H groups in total. The van der Waals surface area contributed by atoms with Gasteiger partial charge in [0.25, 0.3) is 0 Å². The molecule has 0 unspecified atom stereocenters. The third kappa shape index (κ3) is 7.05. The molecule has 0 rings (SSSR count). The van der Waals surface area contributed by atoms with Gasteiger partial charge in [-0.3, -0.25) is 9.79 Å². The molecule has 12 heavy (non-hydrogen) atoms. The maximum Gasteiger partial charge on any atom is 0.242 e. The Bertz CT molecular complexity index is 187. The minimum absolute atomic E-state index is 0.104. The fourth-order valence-electron chi connectivity index (χ4n) is 0.654.